The lowest BCUT2D eigenvalue weighted by Gasteiger charge is -2.09. The maximum absolute atomic E-state index is 10.8. The molecule has 2 aromatic rings. The Morgan fingerprint density at radius 1 is 1.44 bits per heavy atom. The molecule has 0 saturated carbocycles. The number of carbonyl (C=O) groups is 1. The van der Waals surface area contributed by atoms with E-state index in [9.17, 15) is 4.79 Å². The minimum Gasteiger partial charge on any atom is -0.478 e. The summed E-state index contributed by atoms with van der Waals surface area (Å²) in [6, 6.07) is 7.11. The number of aryl methyl sites for hydroxylation is 1. The molecule has 2 rings (SSSR count). The molecule has 0 aliphatic carbocycles. The molecule has 0 saturated heterocycles. The second kappa shape index (κ2) is 5.54. The molecule has 0 atom stereocenters. The molecule has 0 amide bonds. The highest BCUT2D eigenvalue weighted by Gasteiger charge is 2.06. The Bertz CT molecular complexity index is 580. The topological polar surface area (TPSA) is 49.3 Å². The molecule has 0 fully saturated rings. The number of nitrogens with one attached hydrogen (secondary N) is 1. The molecule has 1 aromatic heterocycles. The monoisotopic (exact) mass is 325 g/mol. The Hall–Kier alpha value is -1.33. The van der Waals surface area contributed by atoms with Gasteiger partial charge in [0, 0.05) is 15.0 Å². The Balaban J connectivity index is 2.11. The van der Waals surface area contributed by atoms with E-state index in [2.05, 4.69) is 21.2 Å². The number of aromatic carboxylic acids is 1. The molecular weight excluding hydrogens is 314 g/mol. The summed E-state index contributed by atoms with van der Waals surface area (Å²) in [6.07, 6.45) is 0. The van der Waals surface area contributed by atoms with Crippen LogP contribution in [-0.4, -0.2) is 11.1 Å². The average molecular weight is 326 g/mol. The summed E-state index contributed by atoms with van der Waals surface area (Å²) >= 11 is 5.16. The first-order chi connectivity index (χ1) is 8.58. The number of anilines is 1. The summed E-state index contributed by atoms with van der Waals surface area (Å²) in [5.41, 5.74) is 2.21. The van der Waals surface area contributed by atoms with Gasteiger partial charge < -0.3 is 10.4 Å². The van der Waals surface area contributed by atoms with Crippen LogP contribution in [0.15, 0.2) is 34.1 Å². The van der Waals surface area contributed by atoms with Crippen molar-refractivity contribution in [3.05, 3.63) is 50.1 Å². The van der Waals surface area contributed by atoms with Gasteiger partial charge in [-0.1, -0.05) is 0 Å². The number of thiophene rings is 1. The van der Waals surface area contributed by atoms with Crippen molar-refractivity contribution in [3.8, 4) is 0 Å². The van der Waals surface area contributed by atoms with Crippen molar-refractivity contribution in [1.29, 1.82) is 0 Å². The molecule has 0 unspecified atom stereocenters. The van der Waals surface area contributed by atoms with Gasteiger partial charge in [-0.05, 0) is 58.1 Å². The first-order valence-corrected chi connectivity index (χ1v) is 7.05. The highest BCUT2D eigenvalue weighted by molar-refractivity contribution is 9.10. The van der Waals surface area contributed by atoms with Gasteiger partial charge in [-0.2, -0.15) is 0 Å². The zero-order valence-electron chi connectivity index (χ0n) is 9.74. The smallest absolute Gasteiger partial charge is 0.335 e. The van der Waals surface area contributed by atoms with Gasteiger partial charge in [0.25, 0.3) is 0 Å². The van der Waals surface area contributed by atoms with Gasteiger partial charge in [0.15, 0.2) is 0 Å². The number of rotatable bonds is 4. The minimum absolute atomic E-state index is 0.315. The van der Waals surface area contributed by atoms with Gasteiger partial charge in [-0.3, -0.25) is 0 Å². The lowest BCUT2D eigenvalue weighted by molar-refractivity contribution is 0.0697. The van der Waals surface area contributed by atoms with Crippen LogP contribution >= 0.6 is 27.3 Å². The quantitative estimate of drug-likeness (QED) is 0.888. The van der Waals surface area contributed by atoms with Gasteiger partial charge >= 0.3 is 5.97 Å². The van der Waals surface area contributed by atoms with Crippen molar-refractivity contribution >= 4 is 38.9 Å². The van der Waals surface area contributed by atoms with Gasteiger partial charge in [-0.25, -0.2) is 4.79 Å². The molecule has 2 N–H and O–H groups in total. The molecule has 0 aliphatic rings. The molecule has 5 heteroatoms. The summed E-state index contributed by atoms with van der Waals surface area (Å²) in [5.74, 6) is -0.898. The number of halogens is 1. The predicted molar refractivity (Wildman–Crippen MR) is 77.5 cm³/mol. The fraction of sp³-hybridized carbons (Fsp3) is 0.154. The van der Waals surface area contributed by atoms with E-state index < -0.39 is 5.97 Å². The SMILES string of the molecule is Cc1cc(C(=O)O)ccc1NCc1sccc1Br. The minimum atomic E-state index is -0.898. The van der Waals surface area contributed by atoms with Crippen LogP contribution in [0.4, 0.5) is 5.69 Å². The Morgan fingerprint density at radius 3 is 2.78 bits per heavy atom. The van der Waals surface area contributed by atoms with Crippen molar-refractivity contribution in [2.45, 2.75) is 13.5 Å². The van der Waals surface area contributed by atoms with Gasteiger partial charge in [0.2, 0.25) is 0 Å². The van der Waals surface area contributed by atoms with E-state index in [0.29, 0.717) is 5.56 Å². The maximum Gasteiger partial charge on any atom is 0.335 e. The molecule has 1 heterocycles. The van der Waals surface area contributed by atoms with Crippen LogP contribution in [0.3, 0.4) is 0 Å². The van der Waals surface area contributed by atoms with Crippen LogP contribution in [0.5, 0.6) is 0 Å². The van der Waals surface area contributed by atoms with E-state index in [1.807, 2.05) is 18.4 Å². The number of benzene rings is 1. The van der Waals surface area contributed by atoms with E-state index in [1.165, 1.54) is 4.88 Å². The average Bonchev–Trinajstić information content (AvgIpc) is 2.73. The predicted octanol–water partition coefficient (Wildman–Crippen LogP) is 4.13. The molecular formula is C13H12BrNO2S. The molecule has 3 nitrogen and oxygen atoms in total. The van der Waals surface area contributed by atoms with E-state index >= 15 is 0 Å². The Labute approximate surface area is 118 Å². The largest absolute Gasteiger partial charge is 0.478 e. The molecule has 18 heavy (non-hydrogen) atoms. The van der Waals surface area contributed by atoms with Crippen LogP contribution < -0.4 is 5.32 Å². The summed E-state index contributed by atoms with van der Waals surface area (Å²) in [5, 5.41) is 14.2. The highest BCUT2D eigenvalue weighted by Crippen LogP contribution is 2.24. The number of carboxylic acids is 1. The first-order valence-electron chi connectivity index (χ1n) is 5.37. The van der Waals surface area contributed by atoms with Crippen LogP contribution in [0.25, 0.3) is 0 Å². The molecule has 94 valence electrons. The fourth-order valence-electron chi connectivity index (χ4n) is 1.62. The van der Waals surface area contributed by atoms with Crippen LogP contribution in [0, 0.1) is 6.92 Å². The van der Waals surface area contributed by atoms with E-state index in [-0.39, 0.29) is 0 Å². The summed E-state index contributed by atoms with van der Waals surface area (Å²) in [7, 11) is 0. The van der Waals surface area contributed by atoms with Crippen LogP contribution in [-0.2, 0) is 6.54 Å². The molecule has 0 radical (unpaired) electrons. The Kier molecular flexibility index (Phi) is 4.04. The number of hydrogen-bond donors (Lipinski definition) is 2. The fourth-order valence-corrected chi connectivity index (χ4v) is 3.05. The normalized spacial score (nSPS) is 10.3. The van der Waals surface area contributed by atoms with Crippen molar-refractivity contribution in [2.75, 3.05) is 5.32 Å². The lowest BCUT2D eigenvalue weighted by atomic mass is 10.1. The number of hydrogen-bond acceptors (Lipinski definition) is 3. The summed E-state index contributed by atoms with van der Waals surface area (Å²) in [6.45, 7) is 2.63. The molecule has 0 spiro atoms. The second-order valence-electron chi connectivity index (χ2n) is 3.88. The van der Waals surface area contributed by atoms with Crippen molar-refractivity contribution in [1.82, 2.24) is 0 Å². The second-order valence-corrected chi connectivity index (χ2v) is 5.74. The van der Waals surface area contributed by atoms with Gasteiger partial charge in [0.05, 0.1) is 12.1 Å². The molecule has 1 aromatic carbocycles. The first kappa shape index (κ1) is 13.1. The van der Waals surface area contributed by atoms with E-state index in [4.69, 9.17) is 5.11 Å². The van der Waals surface area contributed by atoms with Crippen molar-refractivity contribution in [3.63, 3.8) is 0 Å². The van der Waals surface area contributed by atoms with Gasteiger partial charge in [0.1, 0.15) is 0 Å². The zero-order chi connectivity index (χ0) is 13.1. The standard InChI is InChI=1S/C13H12BrNO2S/c1-8-6-9(13(16)17)2-3-11(8)15-7-12-10(14)4-5-18-12/h2-6,15H,7H2,1H3,(H,16,17). The van der Waals surface area contributed by atoms with Crippen LogP contribution in [0.2, 0.25) is 0 Å². The van der Waals surface area contributed by atoms with Crippen LogP contribution in [0.1, 0.15) is 20.8 Å². The zero-order valence-corrected chi connectivity index (χ0v) is 12.1. The third-order valence-electron chi connectivity index (χ3n) is 2.60. The highest BCUT2D eigenvalue weighted by atomic mass is 79.9. The maximum atomic E-state index is 10.8. The van der Waals surface area contributed by atoms with Crippen molar-refractivity contribution in [2.24, 2.45) is 0 Å². The van der Waals surface area contributed by atoms with E-state index in [1.54, 1.807) is 29.5 Å². The third-order valence-corrected chi connectivity index (χ3v) is 4.53. The Morgan fingerprint density at radius 2 is 2.22 bits per heavy atom. The van der Waals surface area contributed by atoms with Gasteiger partial charge in [-0.15, -0.1) is 11.3 Å². The summed E-state index contributed by atoms with van der Waals surface area (Å²) < 4.78 is 1.10. The number of carboxylic acid groups (broad SMARTS) is 1. The summed E-state index contributed by atoms with van der Waals surface area (Å²) in [4.78, 5) is 12.0. The van der Waals surface area contributed by atoms with E-state index in [0.717, 1.165) is 22.3 Å². The third kappa shape index (κ3) is 2.91. The van der Waals surface area contributed by atoms with Crippen molar-refractivity contribution < 1.29 is 9.90 Å². The lowest BCUT2D eigenvalue weighted by Crippen LogP contribution is -2.02. The molecule has 0 aliphatic heterocycles. The molecule has 0 bridgehead atoms.